The largest absolute Gasteiger partial charge is 0.481 e. The Kier molecular flexibility index (Phi) is 3.18. The summed E-state index contributed by atoms with van der Waals surface area (Å²) in [6.07, 6.45) is -2.00. The number of halogens is 2. The van der Waals surface area contributed by atoms with Gasteiger partial charge in [-0.1, -0.05) is 0 Å². The van der Waals surface area contributed by atoms with E-state index < -0.39 is 23.5 Å². The molecule has 6 heteroatoms. The first-order chi connectivity index (χ1) is 6.99. The standard InChI is InChI=1S/C9H9F2NO3/c1-4-6(7(10)11)5(9(13)14)3-12-8(4)15-2/h3,7H,1-2H3,(H,13,14). The predicted molar refractivity (Wildman–Crippen MR) is 47.4 cm³/mol. The van der Waals surface area contributed by atoms with Gasteiger partial charge in [0.05, 0.1) is 12.7 Å². The monoisotopic (exact) mass is 217 g/mol. The molecule has 0 aliphatic heterocycles. The van der Waals surface area contributed by atoms with E-state index in [1.54, 1.807) is 0 Å². The normalized spacial score (nSPS) is 10.5. The number of carbonyl (C=O) groups is 1. The highest BCUT2D eigenvalue weighted by molar-refractivity contribution is 5.89. The smallest absolute Gasteiger partial charge is 0.337 e. The second-order valence-electron chi connectivity index (χ2n) is 2.83. The number of nitrogens with zero attached hydrogens (tertiary/aromatic N) is 1. The third-order valence-corrected chi connectivity index (χ3v) is 1.97. The Bertz CT molecular complexity index is 393. The third kappa shape index (κ3) is 2.03. The molecule has 0 atom stereocenters. The molecular formula is C9H9F2NO3. The summed E-state index contributed by atoms with van der Waals surface area (Å²) in [6.45, 7) is 1.35. The highest BCUT2D eigenvalue weighted by Crippen LogP contribution is 2.30. The SMILES string of the molecule is COc1ncc(C(=O)O)c(C(F)F)c1C. The number of alkyl halides is 2. The van der Waals surface area contributed by atoms with Crippen molar-refractivity contribution in [3.05, 3.63) is 22.9 Å². The molecule has 0 bridgehead atoms. The Morgan fingerprint density at radius 3 is 2.60 bits per heavy atom. The van der Waals surface area contributed by atoms with Gasteiger partial charge in [0.2, 0.25) is 5.88 Å². The number of pyridine rings is 1. The van der Waals surface area contributed by atoms with E-state index in [0.29, 0.717) is 0 Å². The van der Waals surface area contributed by atoms with E-state index in [-0.39, 0.29) is 11.4 Å². The molecule has 4 nitrogen and oxygen atoms in total. The number of methoxy groups -OCH3 is 1. The van der Waals surface area contributed by atoms with Gasteiger partial charge in [-0.15, -0.1) is 0 Å². The molecule has 0 radical (unpaired) electrons. The van der Waals surface area contributed by atoms with E-state index in [0.717, 1.165) is 6.20 Å². The van der Waals surface area contributed by atoms with Crippen LogP contribution in [0.3, 0.4) is 0 Å². The number of carboxylic acids is 1. The second-order valence-corrected chi connectivity index (χ2v) is 2.83. The maximum Gasteiger partial charge on any atom is 0.337 e. The summed E-state index contributed by atoms with van der Waals surface area (Å²) < 4.78 is 30.0. The van der Waals surface area contributed by atoms with E-state index in [1.807, 2.05) is 0 Å². The van der Waals surface area contributed by atoms with Gasteiger partial charge >= 0.3 is 5.97 Å². The lowest BCUT2D eigenvalue weighted by molar-refractivity contribution is 0.0683. The van der Waals surface area contributed by atoms with Crippen molar-refractivity contribution in [3.8, 4) is 5.88 Å². The van der Waals surface area contributed by atoms with Gasteiger partial charge in [-0.05, 0) is 6.92 Å². The van der Waals surface area contributed by atoms with E-state index in [4.69, 9.17) is 9.84 Å². The molecule has 1 N–H and O–H groups in total. The van der Waals surface area contributed by atoms with Crippen LogP contribution < -0.4 is 4.74 Å². The number of ether oxygens (including phenoxy) is 1. The minimum absolute atomic E-state index is 0.00954. The minimum atomic E-state index is -2.87. The van der Waals surface area contributed by atoms with E-state index >= 15 is 0 Å². The zero-order valence-corrected chi connectivity index (χ0v) is 8.12. The van der Waals surface area contributed by atoms with Crippen LogP contribution in [-0.4, -0.2) is 23.2 Å². The molecule has 15 heavy (non-hydrogen) atoms. The van der Waals surface area contributed by atoms with Crippen LogP contribution >= 0.6 is 0 Å². The first-order valence-electron chi connectivity index (χ1n) is 4.04. The molecule has 1 aromatic rings. The van der Waals surface area contributed by atoms with Gasteiger partial charge in [0.1, 0.15) is 0 Å². The predicted octanol–water partition coefficient (Wildman–Crippen LogP) is 2.03. The Hall–Kier alpha value is -1.72. The molecule has 0 amide bonds. The van der Waals surface area contributed by atoms with Gasteiger partial charge in [-0.3, -0.25) is 0 Å². The molecular weight excluding hydrogens is 208 g/mol. The van der Waals surface area contributed by atoms with Crippen molar-refractivity contribution in [1.29, 1.82) is 0 Å². The van der Waals surface area contributed by atoms with Gasteiger partial charge in [-0.2, -0.15) is 0 Å². The number of aromatic nitrogens is 1. The van der Waals surface area contributed by atoms with Crippen LogP contribution in [-0.2, 0) is 0 Å². The lowest BCUT2D eigenvalue weighted by Gasteiger charge is -2.11. The quantitative estimate of drug-likeness (QED) is 0.841. The molecule has 0 saturated carbocycles. The molecule has 0 aliphatic carbocycles. The summed E-state index contributed by atoms with van der Waals surface area (Å²) in [4.78, 5) is 14.3. The van der Waals surface area contributed by atoms with Gasteiger partial charge in [0, 0.05) is 17.3 Å². The minimum Gasteiger partial charge on any atom is -0.481 e. The number of aromatic carboxylic acids is 1. The molecule has 82 valence electrons. The first-order valence-corrected chi connectivity index (χ1v) is 4.04. The molecule has 0 aliphatic rings. The fourth-order valence-corrected chi connectivity index (χ4v) is 1.26. The Balaban J connectivity index is 3.44. The maximum absolute atomic E-state index is 12.6. The van der Waals surface area contributed by atoms with Crippen molar-refractivity contribution in [2.45, 2.75) is 13.3 Å². The summed E-state index contributed by atoms with van der Waals surface area (Å²) in [6, 6.07) is 0. The van der Waals surface area contributed by atoms with Crippen LogP contribution in [0.4, 0.5) is 8.78 Å². The summed E-state index contributed by atoms with van der Waals surface area (Å²) in [7, 11) is 1.28. The van der Waals surface area contributed by atoms with Crippen LogP contribution in [0.25, 0.3) is 0 Å². The summed E-state index contributed by atoms with van der Waals surface area (Å²) in [5.41, 5.74) is -0.995. The fourth-order valence-electron chi connectivity index (χ4n) is 1.26. The summed E-state index contributed by atoms with van der Waals surface area (Å²) in [5, 5.41) is 8.69. The van der Waals surface area contributed by atoms with E-state index in [1.165, 1.54) is 14.0 Å². The van der Waals surface area contributed by atoms with Crippen molar-refractivity contribution in [3.63, 3.8) is 0 Å². The molecule has 0 spiro atoms. The average Bonchev–Trinajstić information content (AvgIpc) is 2.16. The van der Waals surface area contributed by atoms with Crippen molar-refractivity contribution in [2.75, 3.05) is 7.11 Å². The fraction of sp³-hybridized carbons (Fsp3) is 0.333. The van der Waals surface area contributed by atoms with Crippen LogP contribution in [0.15, 0.2) is 6.20 Å². The number of rotatable bonds is 3. The van der Waals surface area contributed by atoms with Gasteiger partial charge in [0.25, 0.3) is 6.43 Å². The molecule has 1 rings (SSSR count). The molecule has 1 aromatic heterocycles. The average molecular weight is 217 g/mol. The van der Waals surface area contributed by atoms with Crippen LogP contribution in [0, 0.1) is 6.92 Å². The second kappa shape index (κ2) is 4.20. The van der Waals surface area contributed by atoms with Crippen LogP contribution in [0.5, 0.6) is 5.88 Å². The Labute approximate surface area is 84.5 Å². The third-order valence-electron chi connectivity index (χ3n) is 1.97. The van der Waals surface area contributed by atoms with Crippen LogP contribution in [0.2, 0.25) is 0 Å². The van der Waals surface area contributed by atoms with Gasteiger partial charge < -0.3 is 9.84 Å². The molecule has 0 unspecified atom stereocenters. The maximum atomic E-state index is 12.6. The van der Waals surface area contributed by atoms with Gasteiger partial charge in [-0.25, -0.2) is 18.6 Å². The van der Waals surface area contributed by atoms with Crippen molar-refractivity contribution in [1.82, 2.24) is 4.98 Å². The highest BCUT2D eigenvalue weighted by atomic mass is 19.3. The lowest BCUT2D eigenvalue weighted by atomic mass is 10.1. The Morgan fingerprint density at radius 1 is 1.60 bits per heavy atom. The van der Waals surface area contributed by atoms with Crippen molar-refractivity contribution < 1.29 is 23.4 Å². The van der Waals surface area contributed by atoms with Crippen molar-refractivity contribution >= 4 is 5.97 Å². The molecule has 0 fully saturated rings. The van der Waals surface area contributed by atoms with E-state index in [2.05, 4.69) is 4.98 Å². The van der Waals surface area contributed by atoms with Gasteiger partial charge in [0.15, 0.2) is 0 Å². The van der Waals surface area contributed by atoms with Crippen LogP contribution in [0.1, 0.15) is 27.9 Å². The molecule has 0 saturated heterocycles. The summed E-state index contributed by atoms with van der Waals surface area (Å²) in [5.74, 6) is -1.42. The summed E-state index contributed by atoms with van der Waals surface area (Å²) >= 11 is 0. The zero-order chi connectivity index (χ0) is 11.6. The zero-order valence-electron chi connectivity index (χ0n) is 8.12. The van der Waals surface area contributed by atoms with E-state index in [9.17, 15) is 13.6 Å². The number of carboxylic acid groups (broad SMARTS) is 1. The lowest BCUT2D eigenvalue weighted by Crippen LogP contribution is -2.07. The first kappa shape index (κ1) is 11.4. The Morgan fingerprint density at radius 2 is 2.20 bits per heavy atom. The number of hydrogen-bond acceptors (Lipinski definition) is 3. The molecule has 1 heterocycles. The van der Waals surface area contributed by atoms with Crippen molar-refractivity contribution in [2.24, 2.45) is 0 Å². The highest BCUT2D eigenvalue weighted by Gasteiger charge is 2.23. The molecule has 0 aromatic carbocycles. The topological polar surface area (TPSA) is 59.4 Å². The number of hydrogen-bond donors (Lipinski definition) is 1.